The number of carbonyl (C=O) groups is 2. The Morgan fingerprint density at radius 2 is 1.77 bits per heavy atom. The quantitative estimate of drug-likeness (QED) is 0.246. The molecule has 0 bridgehead atoms. The Hall–Kier alpha value is -2.79. The molecule has 150 valence electrons. The van der Waals surface area contributed by atoms with E-state index in [2.05, 4.69) is 0 Å². The molecule has 1 aliphatic rings. The number of Topliss-reactive ketones (excluding diaryl/α,β-unsaturated/α-hetero) is 1. The van der Waals surface area contributed by atoms with Crippen molar-refractivity contribution < 1.29 is 19.1 Å². The summed E-state index contributed by atoms with van der Waals surface area (Å²) in [6.45, 7) is 1.71. The van der Waals surface area contributed by atoms with Gasteiger partial charge in [-0.1, -0.05) is 46.9 Å². The molecule has 0 fully saturated rings. The Kier molecular flexibility index (Phi) is 5.56. The van der Waals surface area contributed by atoms with Crippen LogP contribution in [0.15, 0.2) is 60.4 Å². The van der Waals surface area contributed by atoms with Crippen LogP contribution in [0.25, 0.3) is 6.08 Å². The van der Waals surface area contributed by atoms with Crippen molar-refractivity contribution in [3.63, 3.8) is 0 Å². The second kappa shape index (κ2) is 8.15. The minimum Gasteiger partial charge on any atom is -0.452 e. The average Bonchev–Trinajstić information content (AvgIpc) is 3.02. The first-order valence-corrected chi connectivity index (χ1v) is 9.97. The first-order chi connectivity index (χ1) is 14.3. The minimum absolute atomic E-state index is 0.121. The van der Waals surface area contributed by atoms with Gasteiger partial charge in [-0.3, -0.25) is 4.79 Å². The van der Waals surface area contributed by atoms with E-state index >= 15 is 0 Å². The summed E-state index contributed by atoms with van der Waals surface area (Å²) in [5, 5.41) is 1.32. The molecule has 4 rings (SSSR count). The number of allylic oxidation sites excluding steroid dienone is 1. The maximum atomic E-state index is 12.7. The average molecular weight is 460 g/mol. The second-order valence-corrected chi connectivity index (χ2v) is 7.85. The molecule has 30 heavy (non-hydrogen) atoms. The van der Waals surface area contributed by atoms with Gasteiger partial charge in [-0.15, -0.1) is 0 Å². The lowest BCUT2D eigenvalue weighted by Crippen LogP contribution is -2.09. The van der Waals surface area contributed by atoms with Crippen LogP contribution in [0.3, 0.4) is 0 Å². The fraction of sp³-hybridized carbons (Fsp3) is 0.0435. The zero-order chi connectivity index (χ0) is 21.4. The van der Waals surface area contributed by atoms with Crippen LogP contribution >= 0.6 is 34.8 Å². The van der Waals surface area contributed by atoms with Gasteiger partial charge in [0.15, 0.2) is 5.76 Å². The number of rotatable bonds is 3. The molecule has 0 saturated heterocycles. The largest absolute Gasteiger partial charge is 0.452 e. The van der Waals surface area contributed by atoms with Gasteiger partial charge < -0.3 is 9.47 Å². The zero-order valence-corrected chi connectivity index (χ0v) is 17.8. The van der Waals surface area contributed by atoms with Crippen molar-refractivity contribution >= 4 is 52.6 Å². The van der Waals surface area contributed by atoms with E-state index in [-0.39, 0.29) is 17.3 Å². The van der Waals surface area contributed by atoms with Crippen LogP contribution in [0.4, 0.5) is 0 Å². The van der Waals surface area contributed by atoms with Crippen molar-refractivity contribution in [3.8, 4) is 11.5 Å². The smallest absolute Gasteiger partial charge is 0.343 e. The Bertz CT molecular complexity index is 1230. The molecule has 0 aromatic heterocycles. The maximum Gasteiger partial charge on any atom is 0.343 e. The molecule has 0 amide bonds. The SMILES string of the molecule is Cc1c(OC(=O)c2cccc(Cl)c2)ccc2c1O/C(=C\c1ccc(Cl)cc1Cl)C2=O. The fourth-order valence-corrected chi connectivity index (χ4v) is 3.67. The molecule has 7 heteroatoms. The van der Waals surface area contributed by atoms with Crippen LogP contribution in [-0.4, -0.2) is 11.8 Å². The third kappa shape index (κ3) is 3.94. The van der Waals surface area contributed by atoms with E-state index in [1.165, 1.54) is 6.07 Å². The Morgan fingerprint density at radius 3 is 2.50 bits per heavy atom. The number of ether oxygens (including phenoxy) is 2. The van der Waals surface area contributed by atoms with Gasteiger partial charge in [-0.25, -0.2) is 4.79 Å². The van der Waals surface area contributed by atoms with E-state index in [1.54, 1.807) is 61.5 Å². The summed E-state index contributed by atoms with van der Waals surface area (Å²) in [5.41, 5.74) is 1.83. The van der Waals surface area contributed by atoms with Crippen LogP contribution in [0, 0.1) is 6.92 Å². The number of fused-ring (bicyclic) bond motifs is 1. The first kappa shape index (κ1) is 20.5. The van der Waals surface area contributed by atoms with Crippen molar-refractivity contribution in [3.05, 3.63) is 97.7 Å². The molecule has 0 N–H and O–H groups in total. The van der Waals surface area contributed by atoms with E-state index < -0.39 is 5.97 Å². The third-order valence-electron chi connectivity index (χ3n) is 4.55. The summed E-state index contributed by atoms with van der Waals surface area (Å²) in [6, 6.07) is 14.5. The minimum atomic E-state index is -0.561. The highest BCUT2D eigenvalue weighted by molar-refractivity contribution is 6.35. The molecule has 3 aromatic rings. The van der Waals surface area contributed by atoms with Crippen molar-refractivity contribution in [2.45, 2.75) is 6.92 Å². The van der Waals surface area contributed by atoms with Crippen LogP contribution in [0.5, 0.6) is 11.5 Å². The van der Waals surface area contributed by atoms with Gasteiger partial charge in [0.05, 0.1) is 11.1 Å². The lowest BCUT2D eigenvalue weighted by Gasteiger charge is -2.10. The van der Waals surface area contributed by atoms with Gasteiger partial charge in [-0.05, 0) is 61.0 Å². The van der Waals surface area contributed by atoms with E-state index in [1.807, 2.05) is 0 Å². The van der Waals surface area contributed by atoms with Crippen molar-refractivity contribution in [2.24, 2.45) is 0 Å². The predicted octanol–water partition coefficient (Wildman–Crippen LogP) is 6.79. The Labute approximate surface area is 187 Å². The molecule has 0 unspecified atom stereocenters. The van der Waals surface area contributed by atoms with Crippen molar-refractivity contribution in [1.29, 1.82) is 0 Å². The number of hydrogen-bond acceptors (Lipinski definition) is 4. The van der Waals surface area contributed by atoms with Crippen molar-refractivity contribution in [2.75, 3.05) is 0 Å². The number of hydrogen-bond donors (Lipinski definition) is 0. The Balaban J connectivity index is 1.63. The van der Waals surface area contributed by atoms with Gasteiger partial charge in [0.2, 0.25) is 5.78 Å². The number of esters is 1. The standard InChI is InChI=1S/C23H13Cl3O4/c1-12-19(30-23(28)14-3-2-4-15(24)9-14)8-7-17-21(27)20(29-22(12)17)10-13-5-6-16(25)11-18(13)26/h2-11H,1H3/b20-10-. The highest BCUT2D eigenvalue weighted by Gasteiger charge is 2.30. The highest BCUT2D eigenvalue weighted by atomic mass is 35.5. The summed E-state index contributed by atoms with van der Waals surface area (Å²) in [4.78, 5) is 25.2. The predicted molar refractivity (Wildman–Crippen MR) is 117 cm³/mol. The zero-order valence-electron chi connectivity index (χ0n) is 15.5. The number of halogens is 3. The molecule has 1 aliphatic heterocycles. The molecule has 0 aliphatic carbocycles. The van der Waals surface area contributed by atoms with Crippen LogP contribution in [-0.2, 0) is 0 Å². The van der Waals surface area contributed by atoms with Crippen LogP contribution in [0.1, 0.15) is 31.8 Å². The van der Waals surface area contributed by atoms with Gasteiger partial charge in [0.25, 0.3) is 0 Å². The molecule has 0 saturated carbocycles. The lowest BCUT2D eigenvalue weighted by molar-refractivity contribution is 0.0733. The van der Waals surface area contributed by atoms with Gasteiger partial charge in [0, 0.05) is 20.6 Å². The molecular weight excluding hydrogens is 447 g/mol. The molecule has 0 radical (unpaired) electrons. The van der Waals surface area contributed by atoms with Crippen LogP contribution < -0.4 is 9.47 Å². The molecule has 0 spiro atoms. The number of ketones is 1. The van der Waals surface area contributed by atoms with Gasteiger partial charge in [0.1, 0.15) is 11.5 Å². The normalized spacial score (nSPS) is 13.9. The van der Waals surface area contributed by atoms with Gasteiger partial charge in [-0.2, -0.15) is 0 Å². The number of carbonyl (C=O) groups excluding carboxylic acids is 2. The summed E-state index contributed by atoms with van der Waals surface area (Å²) in [5.74, 6) is -0.0962. The third-order valence-corrected chi connectivity index (χ3v) is 5.35. The maximum absolute atomic E-state index is 12.7. The fourth-order valence-electron chi connectivity index (χ4n) is 3.01. The van der Waals surface area contributed by atoms with E-state index in [9.17, 15) is 9.59 Å². The highest BCUT2D eigenvalue weighted by Crippen LogP contribution is 2.40. The molecule has 0 atom stereocenters. The second-order valence-electron chi connectivity index (χ2n) is 6.57. The van der Waals surface area contributed by atoms with Gasteiger partial charge >= 0.3 is 5.97 Å². The molecular formula is C23H13Cl3O4. The molecule has 3 aromatic carbocycles. The topological polar surface area (TPSA) is 52.6 Å². The van der Waals surface area contributed by atoms with Crippen LogP contribution in [0.2, 0.25) is 15.1 Å². The summed E-state index contributed by atoms with van der Waals surface area (Å²) in [7, 11) is 0. The summed E-state index contributed by atoms with van der Waals surface area (Å²) < 4.78 is 11.3. The molecule has 1 heterocycles. The van der Waals surface area contributed by atoms with Crippen molar-refractivity contribution in [1.82, 2.24) is 0 Å². The molecule has 4 nitrogen and oxygen atoms in total. The van der Waals surface area contributed by atoms with E-state index in [0.29, 0.717) is 43.1 Å². The Morgan fingerprint density at radius 1 is 1.00 bits per heavy atom. The summed E-state index contributed by atoms with van der Waals surface area (Å²) in [6.07, 6.45) is 1.55. The lowest BCUT2D eigenvalue weighted by atomic mass is 10.1. The summed E-state index contributed by atoms with van der Waals surface area (Å²) >= 11 is 18.0. The number of benzene rings is 3. The first-order valence-electron chi connectivity index (χ1n) is 8.84. The van der Waals surface area contributed by atoms with E-state index in [4.69, 9.17) is 44.3 Å². The monoisotopic (exact) mass is 458 g/mol. The van der Waals surface area contributed by atoms with E-state index in [0.717, 1.165) is 0 Å².